The van der Waals surface area contributed by atoms with Gasteiger partial charge < -0.3 is 5.32 Å². The lowest BCUT2D eigenvalue weighted by molar-refractivity contribution is 0.390. The number of aliphatic imine (C=N–C) groups is 1. The fourth-order valence-corrected chi connectivity index (χ4v) is 3.31. The summed E-state index contributed by atoms with van der Waals surface area (Å²) in [5.41, 5.74) is 1.19. The summed E-state index contributed by atoms with van der Waals surface area (Å²) in [5, 5.41) is 4.55. The van der Waals surface area contributed by atoms with E-state index in [0.717, 1.165) is 29.3 Å². The first-order valence-corrected chi connectivity index (χ1v) is 7.80. The van der Waals surface area contributed by atoms with Gasteiger partial charge in [0.2, 0.25) is 0 Å². The minimum absolute atomic E-state index is 0.172. The lowest BCUT2D eigenvalue weighted by Gasteiger charge is -2.35. The van der Waals surface area contributed by atoms with Crippen LogP contribution in [0.1, 0.15) is 32.3 Å². The Morgan fingerprint density at radius 1 is 1.47 bits per heavy atom. The summed E-state index contributed by atoms with van der Waals surface area (Å²) in [6, 6.07) is 6.75. The molecule has 19 heavy (non-hydrogen) atoms. The highest BCUT2D eigenvalue weighted by atomic mass is 32.2. The van der Waals surface area contributed by atoms with Crippen molar-refractivity contribution < 1.29 is 4.39 Å². The van der Waals surface area contributed by atoms with Gasteiger partial charge in [0.25, 0.3) is 0 Å². The average molecular weight is 280 g/mol. The highest BCUT2D eigenvalue weighted by molar-refractivity contribution is 8.13. The maximum absolute atomic E-state index is 13.0. The predicted octanol–water partition coefficient (Wildman–Crippen LogP) is 3.62. The van der Waals surface area contributed by atoms with Crippen LogP contribution < -0.4 is 5.32 Å². The third kappa shape index (κ3) is 4.23. The van der Waals surface area contributed by atoms with E-state index in [1.807, 2.05) is 6.07 Å². The molecule has 0 aliphatic carbocycles. The number of thioether (sulfide) groups is 1. The van der Waals surface area contributed by atoms with Crippen molar-refractivity contribution in [3.8, 4) is 0 Å². The van der Waals surface area contributed by atoms with Crippen LogP contribution in [-0.4, -0.2) is 23.0 Å². The fraction of sp³-hybridized carbons (Fsp3) is 0.533. The number of hydrogen-bond acceptors (Lipinski definition) is 2. The van der Waals surface area contributed by atoms with Crippen LogP contribution in [0.2, 0.25) is 0 Å². The molecule has 0 spiro atoms. The Morgan fingerprint density at radius 2 is 2.32 bits per heavy atom. The molecular weight excluding hydrogens is 259 g/mol. The Morgan fingerprint density at radius 3 is 3.05 bits per heavy atom. The molecule has 1 aliphatic heterocycles. The molecule has 2 rings (SSSR count). The third-order valence-corrected chi connectivity index (χ3v) is 4.54. The van der Waals surface area contributed by atoms with Gasteiger partial charge in [0, 0.05) is 17.8 Å². The Kier molecular flexibility index (Phi) is 4.86. The van der Waals surface area contributed by atoms with Gasteiger partial charge in [0.1, 0.15) is 5.82 Å². The van der Waals surface area contributed by atoms with Crippen molar-refractivity contribution in [3.63, 3.8) is 0 Å². The maximum atomic E-state index is 13.0. The molecule has 4 heteroatoms. The van der Waals surface area contributed by atoms with E-state index in [-0.39, 0.29) is 11.4 Å². The van der Waals surface area contributed by atoms with Gasteiger partial charge in [-0.15, -0.1) is 0 Å². The van der Waals surface area contributed by atoms with Crippen LogP contribution in [0, 0.1) is 5.82 Å². The minimum Gasteiger partial charge on any atom is -0.360 e. The number of nitrogens with one attached hydrogen (secondary N) is 1. The second kappa shape index (κ2) is 6.42. The van der Waals surface area contributed by atoms with Crippen LogP contribution in [0.3, 0.4) is 0 Å². The smallest absolute Gasteiger partial charge is 0.156 e. The molecule has 1 N–H and O–H groups in total. The van der Waals surface area contributed by atoms with Crippen molar-refractivity contribution in [1.82, 2.24) is 5.32 Å². The summed E-state index contributed by atoms with van der Waals surface area (Å²) in [6.45, 7) is 5.15. The summed E-state index contributed by atoms with van der Waals surface area (Å²) in [6.07, 6.45) is 3.07. The number of nitrogens with zero attached hydrogens (tertiary/aromatic N) is 1. The molecule has 1 aliphatic rings. The van der Waals surface area contributed by atoms with E-state index >= 15 is 0 Å². The molecule has 1 atom stereocenters. The molecule has 2 nitrogen and oxygen atoms in total. The van der Waals surface area contributed by atoms with Gasteiger partial charge in [0.15, 0.2) is 5.17 Å². The molecule has 0 radical (unpaired) electrons. The molecule has 0 saturated carbocycles. The van der Waals surface area contributed by atoms with E-state index in [1.54, 1.807) is 23.9 Å². The summed E-state index contributed by atoms with van der Waals surface area (Å²) >= 11 is 1.78. The number of halogens is 1. The van der Waals surface area contributed by atoms with Crippen LogP contribution in [0.25, 0.3) is 0 Å². The number of benzene rings is 1. The van der Waals surface area contributed by atoms with E-state index < -0.39 is 0 Å². The number of hydrogen-bond donors (Lipinski definition) is 1. The summed E-state index contributed by atoms with van der Waals surface area (Å²) in [7, 11) is 0. The minimum atomic E-state index is -0.172. The largest absolute Gasteiger partial charge is 0.360 e. The van der Waals surface area contributed by atoms with Crippen LogP contribution in [0.15, 0.2) is 29.3 Å². The standard InChI is InChI=1S/C15H21FN2S/c1-3-15(2)8-10-19-14(18-15)17-9-7-12-5-4-6-13(16)11-12/h4-6,11H,3,7-10H2,1-2H3,(H,17,18). The molecular formula is C15H21FN2S. The second-order valence-electron chi connectivity index (χ2n) is 5.20. The normalized spacial score (nSPS) is 25.3. The van der Waals surface area contributed by atoms with Gasteiger partial charge >= 0.3 is 0 Å². The molecule has 1 unspecified atom stereocenters. The zero-order valence-electron chi connectivity index (χ0n) is 11.6. The first kappa shape index (κ1) is 14.4. The van der Waals surface area contributed by atoms with Crippen molar-refractivity contribution in [1.29, 1.82) is 0 Å². The number of amidine groups is 1. The molecule has 1 fully saturated rings. The van der Waals surface area contributed by atoms with Crippen LogP contribution >= 0.6 is 11.8 Å². The van der Waals surface area contributed by atoms with Gasteiger partial charge in [0.05, 0.1) is 0 Å². The molecule has 1 saturated heterocycles. The molecule has 1 heterocycles. The van der Waals surface area contributed by atoms with Crippen molar-refractivity contribution in [2.24, 2.45) is 4.99 Å². The summed E-state index contributed by atoms with van der Waals surface area (Å²) < 4.78 is 13.0. The van der Waals surface area contributed by atoms with E-state index in [0.29, 0.717) is 6.54 Å². The number of rotatable bonds is 4. The van der Waals surface area contributed by atoms with E-state index in [2.05, 4.69) is 24.2 Å². The van der Waals surface area contributed by atoms with Crippen molar-refractivity contribution in [2.75, 3.05) is 12.3 Å². The first-order valence-electron chi connectivity index (χ1n) is 6.81. The van der Waals surface area contributed by atoms with Gasteiger partial charge in [-0.25, -0.2) is 4.39 Å². The van der Waals surface area contributed by atoms with Crippen molar-refractivity contribution >= 4 is 16.9 Å². The zero-order valence-corrected chi connectivity index (χ0v) is 12.4. The Bertz CT molecular complexity index is 461. The monoisotopic (exact) mass is 280 g/mol. The molecule has 0 aromatic heterocycles. The highest BCUT2D eigenvalue weighted by Crippen LogP contribution is 2.24. The van der Waals surface area contributed by atoms with Gasteiger partial charge in [-0.3, -0.25) is 4.99 Å². The quantitative estimate of drug-likeness (QED) is 0.911. The topological polar surface area (TPSA) is 24.4 Å². The van der Waals surface area contributed by atoms with Gasteiger partial charge in [-0.05, 0) is 43.9 Å². The fourth-order valence-electron chi connectivity index (χ4n) is 2.06. The SMILES string of the molecule is CCC1(C)CCSC(=NCCc2cccc(F)c2)N1. The molecule has 104 valence electrons. The molecule has 0 bridgehead atoms. The van der Waals surface area contributed by atoms with Crippen molar-refractivity contribution in [2.45, 2.75) is 38.6 Å². The van der Waals surface area contributed by atoms with E-state index in [1.165, 1.54) is 12.5 Å². The average Bonchev–Trinajstić information content (AvgIpc) is 2.39. The lowest BCUT2D eigenvalue weighted by atomic mass is 9.96. The molecule has 1 aromatic rings. The first-order chi connectivity index (χ1) is 9.11. The van der Waals surface area contributed by atoms with E-state index in [9.17, 15) is 4.39 Å². The van der Waals surface area contributed by atoms with E-state index in [4.69, 9.17) is 0 Å². The summed E-state index contributed by atoms with van der Waals surface area (Å²) in [4.78, 5) is 4.60. The Hall–Kier alpha value is -1.03. The van der Waals surface area contributed by atoms with Crippen LogP contribution in [0.5, 0.6) is 0 Å². The Balaban J connectivity index is 1.88. The molecule has 1 aromatic carbocycles. The van der Waals surface area contributed by atoms with Crippen LogP contribution in [0.4, 0.5) is 4.39 Å². The van der Waals surface area contributed by atoms with Gasteiger partial charge in [-0.1, -0.05) is 30.8 Å². The van der Waals surface area contributed by atoms with Crippen LogP contribution in [-0.2, 0) is 6.42 Å². The second-order valence-corrected chi connectivity index (χ2v) is 6.29. The summed E-state index contributed by atoms with van der Waals surface area (Å²) in [5.74, 6) is 0.949. The highest BCUT2D eigenvalue weighted by Gasteiger charge is 2.27. The van der Waals surface area contributed by atoms with Crippen molar-refractivity contribution in [3.05, 3.63) is 35.6 Å². The lowest BCUT2D eigenvalue weighted by Crippen LogP contribution is -2.48. The predicted molar refractivity (Wildman–Crippen MR) is 81.3 cm³/mol. The maximum Gasteiger partial charge on any atom is 0.156 e. The Labute approximate surface area is 118 Å². The zero-order chi connectivity index (χ0) is 13.7. The molecule has 0 amide bonds. The third-order valence-electron chi connectivity index (χ3n) is 3.63. The van der Waals surface area contributed by atoms with Gasteiger partial charge in [-0.2, -0.15) is 0 Å².